The zero-order valence-electron chi connectivity index (χ0n) is 15.7. The molecule has 7 heteroatoms. The lowest BCUT2D eigenvalue weighted by Gasteiger charge is -2.16. The maximum atomic E-state index is 12.5. The second-order valence-electron chi connectivity index (χ2n) is 6.88. The van der Waals surface area contributed by atoms with Gasteiger partial charge in [-0.3, -0.25) is 9.78 Å². The average molecular weight is 375 g/mol. The molecule has 1 atom stereocenters. The highest BCUT2D eigenvalue weighted by Gasteiger charge is 2.28. The van der Waals surface area contributed by atoms with Crippen molar-refractivity contribution < 1.29 is 9.53 Å². The Balaban J connectivity index is 1.30. The van der Waals surface area contributed by atoms with Gasteiger partial charge in [0, 0.05) is 36.8 Å². The van der Waals surface area contributed by atoms with Crippen LogP contribution in [0, 0.1) is 12.8 Å². The Morgan fingerprint density at radius 2 is 1.96 bits per heavy atom. The van der Waals surface area contributed by atoms with Crippen LogP contribution in [0.1, 0.15) is 22.6 Å². The summed E-state index contributed by atoms with van der Waals surface area (Å²) < 4.78 is 5.79. The van der Waals surface area contributed by atoms with Crippen LogP contribution in [-0.4, -0.2) is 50.7 Å². The Kier molecular flexibility index (Phi) is 5.23. The number of carbonyl (C=O) groups excluding carboxylic acids is 1. The first-order chi connectivity index (χ1) is 13.7. The predicted octanol–water partition coefficient (Wildman–Crippen LogP) is 2.78. The first-order valence-electron chi connectivity index (χ1n) is 9.29. The summed E-state index contributed by atoms with van der Waals surface area (Å²) in [6, 6.07) is 13.6. The summed E-state index contributed by atoms with van der Waals surface area (Å²) in [4.78, 5) is 22.6. The van der Waals surface area contributed by atoms with Crippen LogP contribution in [-0.2, 0) is 0 Å². The van der Waals surface area contributed by atoms with Crippen molar-refractivity contribution >= 4 is 5.91 Å². The Morgan fingerprint density at radius 3 is 2.68 bits per heavy atom. The Morgan fingerprint density at radius 1 is 1.11 bits per heavy atom. The lowest BCUT2D eigenvalue weighted by atomic mass is 10.1. The third-order valence-corrected chi connectivity index (χ3v) is 4.75. The van der Waals surface area contributed by atoms with Crippen LogP contribution < -0.4 is 4.74 Å². The Bertz CT molecular complexity index is 929. The van der Waals surface area contributed by atoms with Crippen LogP contribution in [0.25, 0.3) is 11.3 Å². The molecule has 2 aromatic heterocycles. The first kappa shape index (κ1) is 18.0. The van der Waals surface area contributed by atoms with Crippen molar-refractivity contribution in [2.45, 2.75) is 13.3 Å². The molecular weight excluding hydrogens is 354 g/mol. The van der Waals surface area contributed by atoms with Crippen LogP contribution in [0.3, 0.4) is 0 Å². The van der Waals surface area contributed by atoms with E-state index in [2.05, 4.69) is 20.2 Å². The molecule has 1 aliphatic rings. The third kappa shape index (κ3) is 4.14. The fourth-order valence-electron chi connectivity index (χ4n) is 3.18. The van der Waals surface area contributed by atoms with Gasteiger partial charge in [0.1, 0.15) is 5.69 Å². The number of aromatic nitrogens is 4. The van der Waals surface area contributed by atoms with Crippen molar-refractivity contribution in [3.63, 3.8) is 0 Å². The van der Waals surface area contributed by atoms with Crippen molar-refractivity contribution in [1.82, 2.24) is 25.1 Å². The van der Waals surface area contributed by atoms with E-state index >= 15 is 0 Å². The minimum Gasteiger partial charge on any atom is -0.476 e. The number of carbonyl (C=O) groups is 1. The minimum atomic E-state index is -0.0815. The molecule has 0 bridgehead atoms. The van der Waals surface area contributed by atoms with Gasteiger partial charge in [0.2, 0.25) is 5.88 Å². The Labute approximate surface area is 163 Å². The molecule has 28 heavy (non-hydrogen) atoms. The third-order valence-electron chi connectivity index (χ3n) is 4.75. The van der Waals surface area contributed by atoms with Crippen LogP contribution in [0.15, 0.2) is 54.9 Å². The van der Waals surface area contributed by atoms with Gasteiger partial charge in [0.15, 0.2) is 0 Å². The summed E-state index contributed by atoms with van der Waals surface area (Å²) in [5.74, 6) is 0.675. The zero-order valence-corrected chi connectivity index (χ0v) is 15.7. The highest BCUT2D eigenvalue weighted by molar-refractivity contribution is 5.92. The molecule has 0 aliphatic carbocycles. The van der Waals surface area contributed by atoms with Crippen molar-refractivity contribution in [2.24, 2.45) is 5.92 Å². The lowest BCUT2D eigenvalue weighted by Crippen LogP contribution is -2.30. The Hall–Kier alpha value is -3.35. The molecule has 142 valence electrons. The molecule has 3 heterocycles. The van der Waals surface area contributed by atoms with E-state index in [4.69, 9.17) is 4.74 Å². The van der Waals surface area contributed by atoms with Gasteiger partial charge in [-0.2, -0.15) is 0 Å². The second-order valence-corrected chi connectivity index (χ2v) is 6.88. The topological polar surface area (TPSA) is 81.1 Å². The number of likely N-dealkylation sites (tertiary alicyclic amines) is 1. The second kappa shape index (κ2) is 8.12. The molecular formula is C21H21N5O2. The van der Waals surface area contributed by atoms with Crippen LogP contribution >= 0.6 is 0 Å². The van der Waals surface area contributed by atoms with E-state index in [1.165, 1.54) is 6.20 Å². The average Bonchev–Trinajstić information content (AvgIpc) is 3.22. The van der Waals surface area contributed by atoms with Gasteiger partial charge in [-0.05, 0) is 19.4 Å². The summed E-state index contributed by atoms with van der Waals surface area (Å²) in [7, 11) is 0. The zero-order chi connectivity index (χ0) is 19.3. The summed E-state index contributed by atoms with van der Waals surface area (Å²) in [5.41, 5.74) is 3.01. The number of ether oxygens (including phenoxy) is 1. The maximum Gasteiger partial charge on any atom is 0.274 e. The fourth-order valence-corrected chi connectivity index (χ4v) is 3.18. The minimum absolute atomic E-state index is 0.0815. The SMILES string of the molecule is Cc1cnc(C(=O)N2CCC(COc3ccc(-c4ccccc4)nn3)C2)cn1. The normalized spacial score (nSPS) is 16.2. The van der Waals surface area contributed by atoms with Gasteiger partial charge >= 0.3 is 0 Å². The van der Waals surface area contributed by atoms with Gasteiger partial charge in [-0.25, -0.2) is 4.98 Å². The number of hydrogen-bond donors (Lipinski definition) is 0. The maximum absolute atomic E-state index is 12.5. The highest BCUT2D eigenvalue weighted by Crippen LogP contribution is 2.21. The van der Waals surface area contributed by atoms with E-state index in [1.54, 1.807) is 11.1 Å². The molecule has 1 saturated heterocycles. The number of amides is 1. The van der Waals surface area contributed by atoms with Gasteiger partial charge in [0.05, 0.1) is 24.2 Å². The number of benzene rings is 1. The van der Waals surface area contributed by atoms with E-state index in [1.807, 2.05) is 49.4 Å². The van der Waals surface area contributed by atoms with Gasteiger partial charge in [0.25, 0.3) is 5.91 Å². The molecule has 0 spiro atoms. The van der Waals surface area contributed by atoms with Gasteiger partial charge < -0.3 is 9.64 Å². The van der Waals surface area contributed by atoms with Gasteiger partial charge in [-0.1, -0.05) is 30.3 Å². The van der Waals surface area contributed by atoms with Crippen molar-refractivity contribution in [1.29, 1.82) is 0 Å². The monoisotopic (exact) mass is 375 g/mol. The number of rotatable bonds is 5. The molecule has 0 radical (unpaired) electrons. The number of nitrogens with zero attached hydrogens (tertiary/aromatic N) is 5. The molecule has 1 fully saturated rings. The molecule has 1 aliphatic heterocycles. The van der Waals surface area contributed by atoms with Crippen molar-refractivity contribution in [2.75, 3.05) is 19.7 Å². The summed E-state index contributed by atoms with van der Waals surface area (Å²) in [6.07, 6.45) is 4.04. The molecule has 0 N–H and O–H groups in total. The molecule has 7 nitrogen and oxygen atoms in total. The van der Waals surface area contributed by atoms with Crippen LogP contribution in [0.5, 0.6) is 5.88 Å². The number of aryl methyl sites for hydroxylation is 1. The van der Waals surface area contributed by atoms with Crippen LogP contribution in [0.4, 0.5) is 0 Å². The smallest absolute Gasteiger partial charge is 0.274 e. The fraction of sp³-hybridized carbons (Fsp3) is 0.286. The standard InChI is InChI=1S/C21H21N5O2/c1-15-11-23-19(12-22-15)21(27)26-10-9-16(13-26)14-28-20-8-7-18(24-25-20)17-5-3-2-4-6-17/h2-8,11-12,16H,9-10,13-14H2,1H3. The highest BCUT2D eigenvalue weighted by atomic mass is 16.5. The molecule has 4 rings (SSSR count). The molecule has 1 aromatic carbocycles. The van der Waals surface area contributed by atoms with E-state index in [0.717, 1.165) is 23.4 Å². The quantitative estimate of drug-likeness (QED) is 0.682. The van der Waals surface area contributed by atoms with E-state index < -0.39 is 0 Å². The largest absolute Gasteiger partial charge is 0.476 e. The van der Waals surface area contributed by atoms with Gasteiger partial charge in [-0.15, -0.1) is 10.2 Å². The van der Waals surface area contributed by atoms with E-state index in [9.17, 15) is 4.79 Å². The molecule has 0 saturated carbocycles. The molecule has 3 aromatic rings. The molecule has 1 unspecified atom stereocenters. The van der Waals surface area contributed by atoms with E-state index in [-0.39, 0.29) is 11.8 Å². The lowest BCUT2D eigenvalue weighted by molar-refractivity contribution is 0.0776. The van der Waals surface area contributed by atoms with Crippen LogP contribution in [0.2, 0.25) is 0 Å². The van der Waals surface area contributed by atoms with Crippen molar-refractivity contribution in [3.8, 4) is 17.1 Å². The summed E-state index contributed by atoms with van der Waals surface area (Å²) in [5, 5.41) is 8.38. The summed E-state index contributed by atoms with van der Waals surface area (Å²) in [6.45, 7) is 3.69. The predicted molar refractivity (Wildman–Crippen MR) is 104 cm³/mol. The first-order valence-corrected chi connectivity index (χ1v) is 9.29. The van der Waals surface area contributed by atoms with E-state index in [0.29, 0.717) is 31.3 Å². The molecule has 1 amide bonds. The summed E-state index contributed by atoms with van der Waals surface area (Å²) >= 11 is 0. The van der Waals surface area contributed by atoms with Crippen molar-refractivity contribution in [3.05, 3.63) is 66.2 Å². The number of hydrogen-bond acceptors (Lipinski definition) is 6.